The topological polar surface area (TPSA) is 86.4 Å². The average molecular weight is 281 g/mol. The first-order valence-electron chi connectivity index (χ1n) is 7.00. The minimum Gasteiger partial charge on any atom is -0.461 e. The van der Waals surface area contributed by atoms with Crippen LogP contribution in [0, 0.1) is 5.92 Å². The normalized spacial score (nSPS) is 19.4. The molecule has 1 aromatic heterocycles. The lowest BCUT2D eigenvalue weighted by molar-refractivity contribution is 0.143. The predicted molar refractivity (Wildman–Crippen MR) is 76.8 cm³/mol. The second-order valence-corrected chi connectivity index (χ2v) is 5.35. The summed E-state index contributed by atoms with van der Waals surface area (Å²) in [5.41, 5.74) is 5.74. The Kier molecular flexibility index (Phi) is 4.94. The number of nitrogens with two attached hydrogens (primary N) is 1. The SMILES string of the molecule is COCC1CCCN(c2nc(N)nc(OC(C)C)n2)C1. The number of hydrogen-bond acceptors (Lipinski definition) is 7. The third kappa shape index (κ3) is 3.93. The summed E-state index contributed by atoms with van der Waals surface area (Å²) in [6.45, 7) is 6.40. The van der Waals surface area contributed by atoms with Crippen LogP contribution in [0.15, 0.2) is 0 Å². The molecule has 7 heteroatoms. The molecule has 1 unspecified atom stereocenters. The van der Waals surface area contributed by atoms with E-state index in [9.17, 15) is 0 Å². The van der Waals surface area contributed by atoms with E-state index < -0.39 is 0 Å². The highest BCUT2D eigenvalue weighted by atomic mass is 16.5. The van der Waals surface area contributed by atoms with E-state index in [1.807, 2.05) is 13.8 Å². The summed E-state index contributed by atoms with van der Waals surface area (Å²) >= 11 is 0. The van der Waals surface area contributed by atoms with Crippen molar-refractivity contribution in [2.75, 3.05) is 37.4 Å². The van der Waals surface area contributed by atoms with Crippen molar-refractivity contribution in [1.82, 2.24) is 15.0 Å². The van der Waals surface area contributed by atoms with E-state index in [0.717, 1.165) is 26.1 Å². The molecule has 1 aromatic rings. The zero-order chi connectivity index (χ0) is 14.5. The maximum Gasteiger partial charge on any atom is 0.323 e. The lowest BCUT2D eigenvalue weighted by Gasteiger charge is -2.32. The van der Waals surface area contributed by atoms with Crippen LogP contribution in [-0.4, -0.2) is 47.9 Å². The Hall–Kier alpha value is -1.63. The second-order valence-electron chi connectivity index (χ2n) is 5.35. The van der Waals surface area contributed by atoms with Gasteiger partial charge in [0.2, 0.25) is 11.9 Å². The molecule has 0 bridgehead atoms. The summed E-state index contributed by atoms with van der Waals surface area (Å²) in [4.78, 5) is 14.7. The van der Waals surface area contributed by atoms with E-state index in [2.05, 4.69) is 19.9 Å². The van der Waals surface area contributed by atoms with Gasteiger partial charge in [-0.3, -0.25) is 0 Å². The number of ether oxygens (including phenoxy) is 2. The van der Waals surface area contributed by atoms with Crippen LogP contribution in [0.25, 0.3) is 0 Å². The number of aromatic nitrogens is 3. The van der Waals surface area contributed by atoms with Crippen LogP contribution in [0.3, 0.4) is 0 Å². The Morgan fingerprint density at radius 3 is 2.85 bits per heavy atom. The van der Waals surface area contributed by atoms with Crippen LogP contribution in [0.2, 0.25) is 0 Å². The fourth-order valence-electron chi connectivity index (χ4n) is 2.38. The molecule has 1 atom stereocenters. The number of anilines is 2. The Morgan fingerprint density at radius 1 is 1.35 bits per heavy atom. The highest BCUT2D eigenvalue weighted by Crippen LogP contribution is 2.22. The third-order valence-electron chi connectivity index (χ3n) is 3.17. The van der Waals surface area contributed by atoms with Crippen LogP contribution in [0.4, 0.5) is 11.9 Å². The summed E-state index contributed by atoms with van der Waals surface area (Å²) < 4.78 is 10.7. The van der Waals surface area contributed by atoms with E-state index in [0.29, 0.717) is 11.9 Å². The lowest BCUT2D eigenvalue weighted by atomic mass is 9.99. The largest absolute Gasteiger partial charge is 0.461 e. The zero-order valence-electron chi connectivity index (χ0n) is 12.4. The van der Waals surface area contributed by atoms with Gasteiger partial charge in [0.05, 0.1) is 12.7 Å². The van der Waals surface area contributed by atoms with Crippen molar-refractivity contribution in [2.45, 2.75) is 32.8 Å². The molecule has 0 amide bonds. The van der Waals surface area contributed by atoms with Gasteiger partial charge in [0.15, 0.2) is 0 Å². The van der Waals surface area contributed by atoms with Crippen LogP contribution < -0.4 is 15.4 Å². The van der Waals surface area contributed by atoms with Crippen molar-refractivity contribution < 1.29 is 9.47 Å². The first-order valence-corrected chi connectivity index (χ1v) is 7.00. The minimum atomic E-state index is 0.00671. The molecule has 0 spiro atoms. The molecule has 112 valence electrons. The molecule has 0 aromatic carbocycles. The Labute approximate surface area is 119 Å². The van der Waals surface area contributed by atoms with Crippen molar-refractivity contribution in [3.8, 4) is 6.01 Å². The number of methoxy groups -OCH3 is 1. The van der Waals surface area contributed by atoms with Crippen molar-refractivity contribution in [1.29, 1.82) is 0 Å². The molecule has 1 aliphatic rings. The average Bonchev–Trinajstić information content (AvgIpc) is 2.38. The van der Waals surface area contributed by atoms with Gasteiger partial charge in [-0.25, -0.2) is 0 Å². The molecule has 1 fully saturated rings. The summed E-state index contributed by atoms with van der Waals surface area (Å²) in [6, 6.07) is 0.288. The molecule has 1 saturated heterocycles. The summed E-state index contributed by atoms with van der Waals surface area (Å²) in [6.07, 6.45) is 2.27. The van der Waals surface area contributed by atoms with E-state index in [4.69, 9.17) is 15.2 Å². The third-order valence-corrected chi connectivity index (χ3v) is 3.17. The number of rotatable bonds is 5. The van der Waals surface area contributed by atoms with Crippen molar-refractivity contribution in [3.63, 3.8) is 0 Å². The van der Waals surface area contributed by atoms with Gasteiger partial charge in [0.25, 0.3) is 0 Å². The lowest BCUT2D eigenvalue weighted by Crippen LogP contribution is -2.38. The van der Waals surface area contributed by atoms with Crippen molar-refractivity contribution >= 4 is 11.9 Å². The van der Waals surface area contributed by atoms with Crippen LogP contribution in [0.1, 0.15) is 26.7 Å². The Morgan fingerprint density at radius 2 is 2.15 bits per heavy atom. The highest BCUT2D eigenvalue weighted by Gasteiger charge is 2.23. The van der Waals surface area contributed by atoms with Gasteiger partial charge in [-0.15, -0.1) is 0 Å². The van der Waals surface area contributed by atoms with Crippen LogP contribution in [-0.2, 0) is 4.74 Å². The summed E-state index contributed by atoms with van der Waals surface area (Å²) in [5, 5.41) is 0. The fraction of sp³-hybridized carbons (Fsp3) is 0.769. The van der Waals surface area contributed by atoms with Gasteiger partial charge in [-0.2, -0.15) is 15.0 Å². The summed E-state index contributed by atoms with van der Waals surface area (Å²) in [7, 11) is 1.73. The van der Waals surface area contributed by atoms with Gasteiger partial charge in [-0.05, 0) is 32.6 Å². The molecular formula is C13H23N5O2. The summed E-state index contributed by atoms with van der Waals surface area (Å²) in [5.74, 6) is 1.29. The van der Waals surface area contributed by atoms with Gasteiger partial charge in [0, 0.05) is 20.2 Å². The number of nitrogens with zero attached hydrogens (tertiary/aromatic N) is 4. The predicted octanol–water partition coefficient (Wildman–Crippen LogP) is 1.10. The quantitative estimate of drug-likeness (QED) is 0.864. The van der Waals surface area contributed by atoms with Crippen molar-refractivity contribution in [2.24, 2.45) is 5.92 Å². The van der Waals surface area contributed by atoms with Gasteiger partial charge in [0.1, 0.15) is 0 Å². The number of hydrogen-bond donors (Lipinski definition) is 1. The molecule has 0 radical (unpaired) electrons. The van der Waals surface area contributed by atoms with E-state index in [1.165, 1.54) is 6.42 Å². The van der Waals surface area contributed by atoms with E-state index >= 15 is 0 Å². The standard InChI is InChI=1S/C13H23N5O2/c1-9(2)20-13-16-11(14)15-12(17-13)18-6-4-5-10(7-18)8-19-3/h9-10H,4-8H2,1-3H3,(H2,14,15,16,17). The van der Waals surface area contributed by atoms with Crippen molar-refractivity contribution in [3.05, 3.63) is 0 Å². The Bertz CT molecular complexity index is 439. The molecular weight excluding hydrogens is 258 g/mol. The molecule has 2 rings (SSSR count). The van der Waals surface area contributed by atoms with E-state index in [-0.39, 0.29) is 18.1 Å². The minimum absolute atomic E-state index is 0.00671. The van der Waals surface area contributed by atoms with Gasteiger partial charge < -0.3 is 20.1 Å². The molecule has 1 aliphatic heterocycles. The molecule has 2 heterocycles. The fourth-order valence-corrected chi connectivity index (χ4v) is 2.38. The first-order chi connectivity index (χ1) is 9.58. The van der Waals surface area contributed by atoms with E-state index in [1.54, 1.807) is 7.11 Å². The molecule has 20 heavy (non-hydrogen) atoms. The Balaban J connectivity index is 2.12. The molecule has 7 nitrogen and oxygen atoms in total. The van der Waals surface area contributed by atoms with Gasteiger partial charge >= 0.3 is 6.01 Å². The number of piperidine rings is 1. The van der Waals surface area contributed by atoms with Crippen LogP contribution >= 0.6 is 0 Å². The monoisotopic (exact) mass is 281 g/mol. The maximum atomic E-state index is 5.74. The number of nitrogen functional groups attached to an aromatic ring is 1. The zero-order valence-corrected chi connectivity index (χ0v) is 12.4. The first kappa shape index (κ1) is 14.8. The van der Waals surface area contributed by atoms with Gasteiger partial charge in [-0.1, -0.05) is 0 Å². The molecule has 2 N–H and O–H groups in total. The highest BCUT2D eigenvalue weighted by molar-refractivity contribution is 5.36. The second kappa shape index (κ2) is 6.69. The molecule has 0 saturated carbocycles. The smallest absolute Gasteiger partial charge is 0.323 e. The maximum absolute atomic E-state index is 5.74. The van der Waals surface area contributed by atoms with Crippen LogP contribution in [0.5, 0.6) is 6.01 Å². The molecule has 0 aliphatic carbocycles.